The van der Waals surface area contributed by atoms with Crippen LogP contribution in [0.25, 0.3) is 76.9 Å². The van der Waals surface area contributed by atoms with Crippen molar-refractivity contribution in [3.63, 3.8) is 0 Å². The first-order chi connectivity index (χ1) is 32.9. The lowest BCUT2D eigenvalue weighted by atomic mass is 9.92. The molecule has 0 aliphatic carbocycles. The number of hydrogen-bond acceptors (Lipinski definition) is 2. The van der Waals surface area contributed by atoms with E-state index >= 15 is 0 Å². The zero-order valence-electron chi connectivity index (χ0n) is 44.1. The quantitative estimate of drug-likeness (QED) is 0.174. The van der Waals surface area contributed by atoms with Gasteiger partial charge in [-0.25, -0.2) is 0 Å². The number of rotatable bonds is 6. The van der Waals surface area contributed by atoms with Crippen LogP contribution in [0.1, 0.15) is 23.3 Å². The molecule has 0 aliphatic heterocycles. The fraction of sp³-hybridized carbons (Fsp3) is 0. The molecule has 0 radical (unpaired) electrons. The van der Waals surface area contributed by atoms with Crippen LogP contribution in [-0.4, -0.2) is 0 Å². The van der Waals surface area contributed by atoms with Gasteiger partial charge in [0.25, 0.3) is 0 Å². The van der Waals surface area contributed by atoms with Gasteiger partial charge in [0.05, 0.1) is 23.3 Å². The Labute approximate surface area is 326 Å². The summed E-state index contributed by atoms with van der Waals surface area (Å²) in [5.41, 5.74) is -0.137. The highest BCUT2D eigenvalue weighted by Crippen LogP contribution is 2.44. The van der Waals surface area contributed by atoms with E-state index in [4.69, 9.17) is 22.2 Å². The third-order valence-electron chi connectivity index (χ3n) is 8.98. The standard InChI is InChI=1S/C50H33NO/c1-3-12-34(13-4-1)36-22-24-38(25-23-36)46-33-47-49-43(20-11-21-48(49)52-50(47)45-19-10-9-18-44(45)46)37-27-29-41(30-28-37)51(40-16-5-2-6-17-40)42-31-26-35-14-7-8-15-39(35)32-42/h1-33H/i1D,3D,4D,9D,10D,11D,12D,13D,18D,19D,20D,21D,22D,23D,24D,25D,33D. The lowest BCUT2D eigenvalue weighted by Gasteiger charge is -2.26. The van der Waals surface area contributed by atoms with Crippen LogP contribution in [0.15, 0.2) is 204 Å². The Morgan fingerprint density at radius 1 is 0.423 bits per heavy atom. The van der Waals surface area contributed by atoms with Crippen LogP contribution in [0, 0.1) is 0 Å². The third kappa shape index (κ3) is 5.12. The second-order valence-electron chi connectivity index (χ2n) is 12.0. The van der Waals surface area contributed by atoms with Crippen LogP contribution < -0.4 is 4.90 Å². The van der Waals surface area contributed by atoms with E-state index < -0.39 is 130 Å². The molecule has 52 heavy (non-hydrogen) atoms. The smallest absolute Gasteiger partial charge is 0.143 e. The molecule has 10 aromatic rings. The van der Waals surface area contributed by atoms with Gasteiger partial charge in [0.15, 0.2) is 0 Å². The Kier molecular flexibility index (Phi) is 4.16. The Balaban J connectivity index is 1.28. The molecule has 0 bridgehead atoms. The summed E-state index contributed by atoms with van der Waals surface area (Å²) in [6.07, 6.45) is 0. The average Bonchev–Trinajstić information content (AvgIpc) is 3.75. The SMILES string of the molecule is [2H]c1c([2H])c([2H])c(-c2c([2H])c([2H])c(-c3c([2H])c4c(oc5c([2H])c([2H])c([2H])c(-c6ccc(N(c7ccccc7)c7ccc8ccccc8c7)cc6)c54)c4c([2H])c([2H])c([2H])c([2H])c34)c([2H])c2[2H])c([2H])c1[2H]. The molecular weight excluding hydrogens is 631 g/mol. The molecule has 244 valence electrons. The fourth-order valence-electron chi connectivity index (χ4n) is 6.58. The summed E-state index contributed by atoms with van der Waals surface area (Å²) < 4.78 is 158. The van der Waals surface area contributed by atoms with Crippen molar-refractivity contribution in [3.8, 4) is 33.4 Å². The average molecular weight is 681 g/mol. The minimum absolute atomic E-state index is 0.0315. The summed E-state index contributed by atoms with van der Waals surface area (Å²) in [5.74, 6) is 0. The number of fused-ring (bicyclic) bond motifs is 6. The van der Waals surface area contributed by atoms with Gasteiger partial charge in [0, 0.05) is 33.2 Å². The van der Waals surface area contributed by atoms with E-state index in [0.29, 0.717) is 11.3 Å². The Morgan fingerprint density at radius 3 is 1.88 bits per heavy atom. The highest BCUT2D eigenvalue weighted by molar-refractivity contribution is 6.22. The van der Waals surface area contributed by atoms with Gasteiger partial charge >= 0.3 is 0 Å². The van der Waals surface area contributed by atoms with Crippen molar-refractivity contribution in [1.29, 1.82) is 0 Å². The number of anilines is 3. The molecule has 1 heterocycles. The minimum Gasteiger partial charge on any atom is -0.455 e. The molecule has 0 saturated heterocycles. The van der Waals surface area contributed by atoms with Crippen molar-refractivity contribution in [2.24, 2.45) is 0 Å². The first kappa shape index (κ1) is 17.4. The van der Waals surface area contributed by atoms with E-state index in [0.717, 1.165) is 22.1 Å². The van der Waals surface area contributed by atoms with Gasteiger partial charge in [-0.15, -0.1) is 0 Å². The molecule has 0 aliphatic rings. The van der Waals surface area contributed by atoms with Crippen molar-refractivity contribution >= 4 is 60.5 Å². The van der Waals surface area contributed by atoms with E-state index in [1.165, 1.54) is 0 Å². The fourth-order valence-corrected chi connectivity index (χ4v) is 6.58. The van der Waals surface area contributed by atoms with E-state index in [1.54, 1.807) is 12.1 Å². The van der Waals surface area contributed by atoms with Crippen LogP contribution in [-0.2, 0) is 0 Å². The number of para-hydroxylation sites is 1. The van der Waals surface area contributed by atoms with Crippen molar-refractivity contribution in [3.05, 3.63) is 200 Å². The maximum absolute atomic E-state index is 9.93. The predicted molar refractivity (Wildman–Crippen MR) is 220 cm³/mol. The van der Waals surface area contributed by atoms with E-state index in [-0.39, 0.29) is 32.9 Å². The van der Waals surface area contributed by atoms with E-state index in [2.05, 4.69) is 6.07 Å². The van der Waals surface area contributed by atoms with Gasteiger partial charge in [-0.1, -0.05) is 151 Å². The molecule has 0 amide bonds. The molecule has 0 spiro atoms. The highest BCUT2D eigenvalue weighted by Gasteiger charge is 2.19. The van der Waals surface area contributed by atoms with Crippen LogP contribution in [0.2, 0.25) is 0 Å². The van der Waals surface area contributed by atoms with Crippen LogP contribution in [0.5, 0.6) is 0 Å². The number of nitrogens with zero attached hydrogens (tertiary/aromatic N) is 1. The molecule has 0 fully saturated rings. The zero-order chi connectivity index (χ0) is 49.2. The molecule has 0 N–H and O–H groups in total. The Bertz CT molecular complexity index is 3810. The summed E-state index contributed by atoms with van der Waals surface area (Å²) in [6, 6.07) is 18.5. The summed E-state index contributed by atoms with van der Waals surface area (Å²) in [6.45, 7) is 0. The summed E-state index contributed by atoms with van der Waals surface area (Å²) in [7, 11) is 0. The zero-order valence-corrected chi connectivity index (χ0v) is 27.1. The van der Waals surface area contributed by atoms with E-state index in [1.807, 2.05) is 83.8 Å². The number of furan rings is 1. The molecule has 0 atom stereocenters. The van der Waals surface area contributed by atoms with Gasteiger partial charge in [0.1, 0.15) is 11.2 Å². The molecular formula is C50H33NO. The summed E-state index contributed by atoms with van der Waals surface area (Å²) in [4.78, 5) is 2.04. The first-order valence-corrected chi connectivity index (χ1v) is 16.4. The Morgan fingerprint density at radius 2 is 1.08 bits per heavy atom. The first-order valence-electron chi connectivity index (χ1n) is 24.9. The van der Waals surface area contributed by atoms with Gasteiger partial charge in [-0.05, 0) is 98.0 Å². The molecule has 1 aromatic heterocycles. The number of benzene rings is 9. The maximum atomic E-state index is 9.93. The van der Waals surface area contributed by atoms with Crippen LogP contribution in [0.3, 0.4) is 0 Å². The lowest BCUT2D eigenvalue weighted by molar-refractivity contribution is 0.673. The van der Waals surface area contributed by atoms with Crippen molar-refractivity contribution in [2.45, 2.75) is 0 Å². The second-order valence-corrected chi connectivity index (χ2v) is 12.0. The monoisotopic (exact) mass is 680 g/mol. The normalized spacial score (nSPS) is 16.0. The number of hydrogen-bond donors (Lipinski definition) is 0. The van der Waals surface area contributed by atoms with Crippen LogP contribution in [0.4, 0.5) is 17.1 Å². The van der Waals surface area contributed by atoms with Gasteiger partial charge in [0.2, 0.25) is 0 Å². The molecule has 2 heteroatoms. The van der Waals surface area contributed by atoms with Gasteiger partial charge in [-0.2, -0.15) is 0 Å². The molecule has 2 nitrogen and oxygen atoms in total. The van der Waals surface area contributed by atoms with Crippen molar-refractivity contribution in [1.82, 2.24) is 0 Å². The summed E-state index contributed by atoms with van der Waals surface area (Å²) >= 11 is 0. The highest BCUT2D eigenvalue weighted by atomic mass is 16.3. The third-order valence-corrected chi connectivity index (χ3v) is 8.98. The van der Waals surface area contributed by atoms with Gasteiger partial charge < -0.3 is 9.32 Å². The molecule has 10 rings (SSSR count). The van der Waals surface area contributed by atoms with Crippen molar-refractivity contribution in [2.75, 3.05) is 4.90 Å². The molecule has 0 unspecified atom stereocenters. The maximum Gasteiger partial charge on any atom is 0.143 e. The Hall–Kier alpha value is -6.90. The lowest BCUT2D eigenvalue weighted by Crippen LogP contribution is -2.09. The van der Waals surface area contributed by atoms with Crippen molar-refractivity contribution < 1.29 is 27.7 Å². The van der Waals surface area contributed by atoms with Gasteiger partial charge in [-0.3, -0.25) is 0 Å². The largest absolute Gasteiger partial charge is 0.455 e. The topological polar surface area (TPSA) is 16.4 Å². The minimum atomic E-state index is -0.857. The summed E-state index contributed by atoms with van der Waals surface area (Å²) in [5, 5.41) is 1.06. The van der Waals surface area contributed by atoms with E-state index in [9.17, 15) is 5.48 Å². The second kappa shape index (κ2) is 12.5. The van der Waals surface area contributed by atoms with Crippen LogP contribution >= 0.6 is 0 Å². The predicted octanol–water partition coefficient (Wildman–Crippen LogP) is 14.4. The molecule has 9 aromatic carbocycles. The molecule has 0 saturated carbocycles.